The molecule has 0 saturated carbocycles. The number of alkyl carbamates (subject to hydrolysis) is 1. The van der Waals surface area contributed by atoms with E-state index in [0.717, 1.165) is 6.07 Å². The number of aryl methyl sites for hydroxylation is 2. The number of nitrogens with one attached hydrogen (secondary N) is 1. The van der Waals surface area contributed by atoms with Crippen LogP contribution in [0.3, 0.4) is 0 Å². The van der Waals surface area contributed by atoms with Crippen LogP contribution >= 0.6 is 0 Å². The first-order chi connectivity index (χ1) is 17.6. The Morgan fingerprint density at radius 1 is 1.03 bits per heavy atom. The highest BCUT2D eigenvalue weighted by Crippen LogP contribution is 2.39. The Balaban J connectivity index is 2.03. The molecule has 0 bridgehead atoms. The van der Waals surface area contributed by atoms with E-state index in [1.54, 1.807) is 58.0 Å². The number of para-hydroxylation sites is 1. The molecule has 4 rings (SSSR count). The molecule has 0 aliphatic heterocycles. The highest BCUT2D eigenvalue weighted by molar-refractivity contribution is 7.88. The molecule has 1 aromatic heterocycles. The normalized spacial score (nSPS) is 14.7. The lowest BCUT2D eigenvalue weighted by molar-refractivity contribution is -0.0499. The number of ether oxygens (including phenoxy) is 1. The molecule has 0 saturated heterocycles. The second kappa shape index (κ2) is 9.64. The molecule has 1 atom stereocenters. The summed E-state index contributed by atoms with van der Waals surface area (Å²) in [7, 11) is -6.03. The van der Waals surface area contributed by atoms with Gasteiger partial charge in [0.1, 0.15) is 5.60 Å². The number of pyridine rings is 1. The van der Waals surface area contributed by atoms with Gasteiger partial charge in [-0.25, -0.2) is 4.79 Å². The van der Waals surface area contributed by atoms with Crippen LogP contribution in [0.2, 0.25) is 0 Å². The largest absolute Gasteiger partial charge is 0.534 e. The van der Waals surface area contributed by atoms with Gasteiger partial charge in [0.05, 0.1) is 17.1 Å². The third-order valence-electron chi connectivity index (χ3n) is 6.04. The van der Waals surface area contributed by atoms with Crippen molar-refractivity contribution in [2.75, 3.05) is 0 Å². The van der Waals surface area contributed by atoms with Gasteiger partial charge < -0.3 is 14.2 Å². The fourth-order valence-corrected chi connectivity index (χ4v) is 5.13. The molecular weight excluding hydrogens is 525 g/mol. The maximum absolute atomic E-state index is 14.0. The molecular formula is C26H27F3N2O6S. The van der Waals surface area contributed by atoms with E-state index in [1.165, 1.54) is 10.6 Å². The van der Waals surface area contributed by atoms with E-state index >= 15 is 0 Å². The average molecular weight is 553 g/mol. The van der Waals surface area contributed by atoms with Crippen molar-refractivity contribution < 1.29 is 35.3 Å². The van der Waals surface area contributed by atoms with E-state index in [1.807, 2.05) is 0 Å². The number of hydrogen-bond donors (Lipinski definition) is 1. The Kier molecular flexibility index (Phi) is 6.98. The minimum absolute atomic E-state index is 0.276. The zero-order valence-electron chi connectivity index (χ0n) is 21.2. The lowest BCUT2D eigenvalue weighted by atomic mass is 9.86. The zero-order valence-corrected chi connectivity index (χ0v) is 22.0. The van der Waals surface area contributed by atoms with E-state index in [-0.39, 0.29) is 5.39 Å². The molecule has 8 nitrogen and oxygen atoms in total. The summed E-state index contributed by atoms with van der Waals surface area (Å²) in [4.78, 5) is 26.6. The number of nitrogens with zero attached hydrogens (tertiary/aromatic N) is 1. The maximum Gasteiger partial charge on any atom is 0.534 e. The molecule has 1 unspecified atom stereocenters. The summed E-state index contributed by atoms with van der Waals surface area (Å²) < 4.78 is 74.4. The predicted octanol–water partition coefficient (Wildman–Crippen LogP) is 5.29. The third kappa shape index (κ3) is 5.22. The first-order valence-electron chi connectivity index (χ1n) is 11.9. The average Bonchev–Trinajstić information content (AvgIpc) is 2.80. The predicted molar refractivity (Wildman–Crippen MR) is 135 cm³/mol. The standard InChI is InChI=1S/C26H27F3N2O6S/c1-15(30-24(33)36-25(2,3)4)22-18-12-8-9-16-13-14-19(37-38(34,35)26(27,28)29)21(20(16)18)23(32)31(22)17-10-6-5-7-11-17/h5-7,10-11,13-15H,8-9,12H2,1-4H3,(H,30,33). The Morgan fingerprint density at radius 3 is 2.29 bits per heavy atom. The van der Waals surface area contributed by atoms with Crippen molar-refractivity contribution in [3.8, 4) is 11.4 Å². The van der Waals surface area contributed by atoms with Crippen molar-refractivity contribution in [3.63, 3.8) is 0 Å². The summed E-state index contributed by atoms with van der Waals surface area (Å²) in [6.45, 7) is 6.79. The van der Waals surface area contributed by atoms with Crippen molar-refractivity contribution in [1.29, 1.82) is 0 Å². The summed E-state index contributed by atoms with van der Waals surface area (Å²) in [6, 6.07) is 10.1. The first kappa shape index (κ1) is 27.5. The Bertz CT molecular complexity index is 1560. The fraction of sp³-hybridized carbons (Fsp3) is 0.385. The number of amides is 1. The topological polar surface area (TPSA) is 104 Å². The van der Waals surface area contributed by atoms with Gasteiger partial charge in [0, 0.05) is 5.69 Å². The smallest absolute Gasteiger partial charge is 0.444 e. The van der Waals surface area contributed by atoms with Crippen LogP contribution in [0.4, 0.5) is 18.0 Å². The number of aromatic nitrogens is 1. The second-order valence-electron chi connectivity index (χ2n) is 10.0. The molecule has 204 valence electrons. The molecule has 3 aromatic rings. The lowest BCUT2D eigenvalue weighted by Crippen LogP contribution is -2.37. The highest BCUT2D eigenvalue weighted by atomic mass is 32.2. The minimum atomic E-state index is -6.03. The van der Waals surface area contributed by atoms with Crippen LogP contribution in [0, 0.1) is 0 Å². The van der Waals surface area contributed by atoms with Crippen LogP contribution in [-0.2, 0) is 27.7 Å². The van der Waals surface area contributed by atoms with Gasteiger partial charge in [-0.1, -0.05) is 24.3 Å². The zero-order chi connectivity index (χ0) is 28.0. The van der Waals surface area contributed by atoms with Gasteiger partial charge in [-0.2, -0.15) is 21.6 Å². The molecule has 1 N–H and O–H groups in total. The molecule has 1 aliphatic carbocycles. The lowest BCUT2D eigenvalue weighted by Gasteiger charge is -2.29. The number of hydrogen-bond acceptors (Lipinski definition) is 6. The van der Waals surface area contributed by atoms with Gasteiger partial charge in [-0.15, -0.1) is 0 Å². The first-order valence-corrected chi connectivity index (χ1v) is 13.3. The number of carbonyl (C=O) groups is 1. The van der Waals surface area contributed by atoms with Gasteiger partial charge in [0.2, 0.25) is 0 Å². The molecule has 12 heteroatoms. The van der Waals surface area contributed by atoms with Crippen molar-refractivity contribution in [1.82, 2.24) is 9.88 Å². The van der Waals surface area contributed by atoms with E-state index in [4.69, 9.17) is 4.74 Å². The minimum Gasteiger partial charge on any atom is -0.444 e. The van der Waals surface area contributed by atoms with Crippen LogP contribution in [0.5, 0.6) is 5.75 Å². The van der Waals surface area contributed by atoms with Crippen molar-refractivity contribution in [2.45, 2.75) is 64.1 Å². The van der Waals surface area contributed by atoms with Gasteiger partial charge in [0.25, 0.3) is 5.56 Å². The molecule has 1 aliphatic rings. The van der Waals surface area contributed by atoms with Crippen LogP contribution in [0.15, 0.2) is 47.3 Å². The van der Waals surface area contributed by atoms with Crippen LogP contribution in [-0.4, -0.2) is 30.2 Å². The van der Waals surface area contributed by atoms with Gasteiger partial charge >= 0.3 is 21.7 Å². The molecule has 0 fully saturated rings. The van der Waals surface area contributed by atoms with Gasteiger partial charge in [-0.05, 0) is 81.7 Å². The van der Waals surface area contributed by atoms with E-state index in [2.05, 4.69) is 9.50 Å². The van der Waals surface area contributed by atoms with E-state index in [0.29, 0.717) is 47.2 Å². The SMILES string of the molecule is CC(NC(=O)OC(C)(C)C)c1c2c3c(ccc(OS(=O)(=O)C(F)(F)F)c3c(=O)n1-c1ccccc1)CCC2. The molecule has 2 aromatic carbocycles. The van der Waals surface area contributed by atoms with Gasteiger partial charge in [0.15, 0.2) is 5.75 Å². The summed E-state index contributed by atoms with van der Waals surface area (Å²) in [5.41, 5.74) is -5.17. The molecule has 1 amide bonds. The monoisotopic (exact) mass is 552 g/mol. The van der Waals surface area contributed by atoms with Crippen molar-refractivity contribution in [3.05, 3.63) is 69.6 Å². The molecule has 38 heavy (non-hydrogen) atoms. The van der Waals surface area contributed by atoms with Crippen LogP contribution in [0.1, 0.15) is 57.0 Å². The van der Waals surface area contributed by atoms with Gasteiger partial charge in [-0.3, -0.25) is 9.36 Å². The number of halogens is 3. The van der Waals surface area contributed by atoms with Crippen molar-refractivity contribution >= 4 is 27.0 Å². The molecule has 0 radical (unpaired) electrons. The quantitative estimate of drug-likeness (QED) is 0.341. The molecule has 0 spiro atoms. The highest BCUT2D eigenvalue weighted by Gasteiger charge is 2.49. The molecule has 1 heterocycles. The maximum atomic E-state index is 14.0. The summed E-state index contributed by atoms with van der Waals surface area (Å²) in [5, 5.41) is 2.80. The fourth-order valence-electron chi connectivity index (χ4n) is 4.66. The number of benzene rings is 2. The Morgan fingerprint density at radius 2 is 1.68 bits per heavy atom. The Hall–Kier alpha value is -3.54. The number of alkyl halides is 3. The summed E-state index contributed by atoms with van der Waals surface area (Å²) in [5.74, 6) is -0.710. The third-order valence-corrected chi connectivity index (χ3v) is 7.00. The van der Waals surface area contributed by atoms with Crippen LogP contribution < -0.4 is 15.1 Å². The summed E-state index contributed by atoms with van der Waals surface area (Å²) in [6.07, 6.45) is 0.913. The summed E-state index contributed by atoms with van der Waals surface area (Å²) >= 11 is 0. The number of rotatable bonds is 5. The number of carbonyl (C=O) groups excluding carboxylic acids is 1. The van der Waals surface area contributed by atoms with Crippen LogP contribution in [0.25, 0.3) is 16.5 Å². The van der Waals surface area contributed by atoms with Crippen molar-refractivity contribution in [2.24, 2.45) is 0 Å². The Labute approximate surface area is 217 Å². The van der Waals surface area contributed by atoms with E-state index < -0.39 is 44.7 Å². The van der Waals surface area contributed by atoms with E-state index in [9.17, 15) is 31.2 Å². The second-order valence-corrected chi connectivity index (χ2v) is 11.6.